The van der Waals surface area contributed by atoms with Gasteiger partial charge in [0.05, 0.1) is 11.5 Å². The Morgan fingerprint density at radius 1 is 1.19 bits per heavy atom. The maximum atomic E-state index is 12.8. The van der Waals surface area contributed by atoms with Crippen molar-refractivity contribution in [1.82, 2.24) is 15.5 Å². The van der Waals surface area contributed by atoms with Gasteiger partial charge < -0.3 is 20.3 Å². The molecule has 3 aliphatic carbocycles. The monoisotopic (exact) mass is 362 g/mol. The number of carbonyl (C=O) groups excluding carboxylic acids is 1. The molecule has 0 aromatic heterocycles. The van der Waals surface area contributed by atoms with Gasteiger partial charge in [-0.1, -0.05) is 19.3 Å². The fourth-order valence-corrected chi connectivity index (χ4v) is 6.04. The quantitative estimate of drug-likeness (QED) is 0.591. The van der Waals surface area contributed by atoms with E-state index in [0.29, 0.717) is 30.0 Å². The molecule has 1 saturated heterocycles. The van der Waals surface area contributed by atoms with Gasteiger partial charge >= 0.3 is 0 Å². The van der Waals surface area contributed by atoms with Crippen LogP contribution in [0.2, 0.25) is 0 Å². The first-order valence-electron chi connectivity index (χ1n) is 10.3. The number of amides is 1. The average molecular weight is 363 g/mol. The van der Waals surface area contributed by atoms with Crippen molar-refractivity contribution in [3.63, 3.8) is 0 Å². The molecule has 4 fully saturated rings. The number of hydrogen-bond donors (Lipinski definition) is 2. The van der Waals surface area contributed by atoms with E-state index < -0.39 is 0 Å². The summed E-state index contributed by atoms with van der Waals surface area (Å²) < 4.78 is 6.02. The van der Waals surface area contributed by atoms with Crippen LogP contribution in [0.1, 0.15) is 51.4 Å². The van der Waals surface area contributed by atoms with Gasteiger partial charge in [0, 0.05) is 51.7 Å². The molecule has 3 atom stereocenters. The number of rotatable bonds is 4. The molecule has 1 spiro atoms. The van der Waals surface area contributed by atoms with Crippen molar-refractivity contribution in [1.29, 1.82) is 0 Å². The molecule has 4 rings (SSSR count). The van der Waals surface area contributed by atoms with Crippen molar-refractivity contribution >= 4 is 11.9 Å². The second-order valence-electron chi connectivity index (χ2n) is 9.07. The lowest BCUT2D eigenvalue weighted by molar-refractivity contribution is -0.171. The Bertz CT molecular complexity index is 578. The van der Waals surface area contributed by atoms with E-state index in [-0.39, 0.29) is 11.3 Å². The minimum atomic E-state index is -0.270. The van der Waals surface area contributed by atoms with Crippen LogP contribution in [0.4, 0.5) is 0 Å². The van der Waals surface area contributed by atoms with Gasteiger partial charge in [-0.15, -0.1) is 0 Å². The van der Waals surface area contributed by atoms with Crippen molar-refractivity contribution in [2.24, 2.45) is 21.7 Å². The molecule has 0 aromatic carbocycles. The number of aliphatic imine (C=N–C) groups is 1. The number of guanidine groups is 1. The van der Waals surface area contributed by atoms with Crippen LogP contribution >= 0.6 is 0 Å². The van der Waals surface area contributed by atoms with Crippen molar-refractivity contribution < 1.29 is 9.53 Å². The molecule has 1 amide bonds. The fraction of sp³-hybridized carbons (Fsp3) is 0.900. The molecule has 1 aliphatic heterocycles. The Kier molecular flexibility index (Phi) is 4.66. The highest BCUT2D eigenvalue weighted by Crippen LogP contribution is 2.62. The smallest absolute Gasteiger partial charge is 0.230 e. The maximum absolute atomic E-state index is 12.8. The van der Waals surface area contributed by atoms with Crippen LogP contribution in [0.15, 0.2) is 4.99 Å². The van der Waals surface area contributed by atoms with Gasteiger partial charge in [0.1, 0.15) is 0 Å². The largest absolute Gasteiger partial charge is 0.377 e. The Balaban J connectivity index is 1.40. The fourth-order valence-electron chi connectivity index (χ4n) is 6.04. The molecule has 6 heteroatoms. The molecule has 3 unspecified atom stereocenters. The summed E-state index contributed by atoms with van der Waals surface area (Å²) in [5, 5.41) is 7.21. The van der Waals surface area contributed by atoms with Crippen molar-refractivity contribution in [2.45, 2.75) is 63.5 Å². The summed E-state index contributed by atoms with van der Waals surface area (Å²) in [6, 6.07) is 0.471. The van der Waals surface area contributed by atoms with Gasteiger partial charge in [0.25, 0.3) is 0 Å². The third-order valence-electron chi connectivity index (χ3n) is 7.57. The Hall–Kier alpha value is -1.30. The second kappa shape index (κ2) is 6.70. The van der Waals surface area contributed by atoms with Gasteiger partial charge in [0.2, 0.25) is 5.91 Å². The van der Waals surface area contributed by atoms with Gasteiger partial charge in [-0.2, -0.15) is 0 Å². The predicted octanol–water partition coefficient (Wildman–Crippen LogP) is 1.76. The molecule has 1 heterocycles. The Labute approximate surface area is 157 Å². The van der Waals surface area contributed by atoms with Crippen molar-refractivity contribution in [3.8, 4) is 0 Å². The van der Waals surface area contributed by atoms with Crippen LogP contribution < -0.4 is 10.6 Å². The average Bonchev–Trinajstić information content (AvgIpc) is 3.22. The number of ether oxygens (including phenoxy) is 1. The topological polar surface area (TPSA) is 66.0 Å². The van der Waals surface area contributed by atoms with Gasteiger partial charge in [-0.05, 0) is 32.1 Å². The van der Waals surface area contributed by atoms with E-state index in [9.17, 15) is 4.79 Å². The molecule has 2 N–H and O–H groups in total. The summed E-state index contributed by atoms with van der Waals surface area (Å²) >= 11 is 0. The minimum Gasteiger partial charge on any atom is -0.377 e. The van der Waals surface area contributed by atoms with E-state index in [4.69, 9.17) is 4.74 Å². The van der Waals surface area contributed by atoms with Gasteiger partial charge in [0.15, 0.2) is 5.96 Å². The lowest BCUT2D eigenvalue weighted by atomic mass is 9.46. The first kappa shape index (κ1) is 18.1. The van der Waals surface area contributed by atoms with Crippen LogP contribution in [-0.4, -0.2) is 63.2 Å². The van der Waals surface area contributed by atoms with E-state index in [2.05, 4.69) is 15.6 Å². The zero-order valence-electron chi connectivity index (χ0n) is 16.5. The van der Waals surface area contributed by atoms with Crippen LogP contribution in [0, 0.1) is 16.7 Å². The normalized spacial score (nSPS) is 34.0. The predicted molar refractivity (Wildman–Crippen MR) is 102 cm³/mol. The Morgan fingerprint density at radius 2 is 1.92 bits per heavy atom. The summed E-state index contributed by atoms with van der Waals surface area (Å²) in [5.74, 6) is 1.73. The second-order valence-corrected chi connectivity index (χ2v) is 9.07. The summed E-state index contributed by atoms with van der Waals surface area (Å²) in [5.41, 5.74) is 0.0667. The third-order valence-corrected chi connectivity index (χ3v) is 7.57. The first-order chi connectivity index (χ1) is 12.5. The molecule has 4 aliphatic rings. The van der Waals surface area contributed by atoms with E-state index in [1.165, 1.54) is 19.3 Å². The number of nitrogens with zero attached hydrogens (tertiary/aromatic N) is 2. The molecule has 0 radical (unpaired) electrons. The molecule has 146 valence electrons. The summed E-state index contributed by atoms with van der Waals surface area (Å²) in [4.78, 5) is 19.0. The zero-order valence-corrected chi connectivity index (χ0v) is 16.5. The molecule has 0 aromatic rings. The lowest BCUT2D eigenvalue weighted by Gasteiger charge is -2.63. The highest BCUT2D eigenvalue weighted by molar-refractivity contribution is 5.85. The highest BCUT2D eigenvalue weighted by atomic mass is 16.5. The molecule has 3 saturated carbocycles. The summed E-state index contributed by atoms with van der Waals surface area (Å²) in [7, 11) is 5.56. The standard InChI is InChI=1S/C20H34N4O2/c1-21-18(22-13-19(8-4-5-9-19)17(25)24(2)3)23-15-14-7-12-26-16(14)20(15)10-6-11-20/h14-16H,4-13H2,1-3H3,(H2,21,22,23). The van der Waals surface area contributed by atoms with E-state index >= 15 is 0 Å². The zero-order chi connectivity index (χ0) is 18.4. The number of fused-ring (bicyclic) bond motifs is 2. The first-order valence-corrected chi connectivity index (χ1v) is 10.3. The van der Waals surface area contributed by atoms with Crippen LogP contribution in [0.3, 0.4) is 0 Å². The third kappa shape index (κ3) is 2.63. The minimum absolute atomic E-state index is 0.251. The number of carbonyl (C=O) groups is 1. The SMILES string of the molecule is CN=C(NCC1(C(=O)N(C)C)CCCC1)NC1C2CCOC2C12CCC2. The highest BCUT2D eigenvalue weighted by Gasteiger charge is 2.66. The maximum Gasteiger partial charge on any atom is 0.230 e. The number of nitrogens with one attached hydrogen (secondary N) is 2. The van der Waals surface area contributed by atoms with E-state index in [1.807, 2.05) is 21.1 Å². The van der Waals surface area contributed by atoms with Gasteiger partial charge in [-0.25, -0.2) is 0 Å². The molecule has 26 heavy (non-hydrogen) atoms. The van der Waals surface area contributed by atoms with Crippen molar-refractivity contribution in [3.05, 3.63) is 0 Å². The summed E-state index contributed by atoms with van der Waals surface area (Å²) in [6.07, 6.45) is 9.70. The van der Waals surface area contributed by atoms with E-state index in [0.717, 1.165) is 44.7 Å². The molecule has 0 bridgehead atoms. The van der Waals surface area contributed by atoms with Crippen molar-refractivity contribution in [2.75, 3.05) is 34.3 Å². The van der Waals surface area contributed by atoms with Gasteiger partial charge in [-0.3, -0.25) is 9.79 Å². The molecular weight excluding hydrogens is 328 g/mol. The van der Waals surface area contributed by atoms with E-state index in [1.54, 1.807) is 4.90 Å². The van der Waals surface area contributed by atoms with Crippen LogP contribution in [0.5, 0.6) is 0 Å². The summed E-state index contributed by atoms with van der Waals surface area (Å²) in [6.45, 7) is 1.58. The molecule has 6 nitrogen and oxygen atoms in total. The lowest BCUT2D eigenvalue weighted by Crippen LogP contribution is -2.72. The van der Waals surface area contributed by atoms with Crippen LogP contribution in [0.25, 0.3) is 0 Å². The Morgan fingerprint density at radius 3 is 2.50 bits per heavy atom. The van der Waals surface area contributed by atoms with Crippen LogP contribution in [-0.2, 0) is 9.53 Å². The number of hydrogen-bond acceptors (Lipinski definition) is 3. The molecular formula is C20H34N4O2.